The van der Waals surface area contributed by atoms with E-state index in [-0.39, 0.29) is 17.9 Å². The molecule has 1 aliphatic heterocycles. The number of H-pyrrole nitrogens is 1. The molecular formula is C15H24N4O3. The van der Waals surface area contributed by atoms with Gasteiger partial charge in [0.1, 0.15) is 11.9 Å². The van der Waals surface area contributed by atoms with Gasteiger partial charge < -0.3 is 19.9 Å². The number of aryl methyl sites for hydroxylation is 1. The van der Waals surface area contributed by atoms with Gasteiger partial charge in [0.05, 0.1) is 13.2 Å². The van der Waals surface area contributed by atoms with Crippen molar-refractivity contribution in [3.63, 3.8) is 0 Å². The standard InChI is InChI=1S/C15H24N4O3/c1-9(2)12(18-15(21)22-4)14(20)19-7-5-6-11(19)13-16-8-10(3)17-13/h8-9,11-12H,5-7H2,1-4H3,(H,16,17)(H,18,21)/t11-,12-/m0/s1. The Morgan fingerprint density at radius 2 is 2.23 bits per heavy atom. The molecule has 7 heteroatoms. The van der Waals surface area contributed by atoms with Crippen LogP contribution < -0.4 is 5.32 Å². The average molecular weight is 308 g/mol. The van der Waals surface area contributed by atoms with Crippen LogP contribution in [0.2, 0.25) is 0 Å². The second kappa shape index (κ2) is 6.81. The molecule has 2 amide bonds. The molecule has 7 nitrogen and oxygen atoms in total. The van der Waals surface area contributed by atoms with Gasteiger partial charge in [-0.2, -0.15) is 0 Å². The van der Waals surface area contributed by atoms with Gasteiger partial charge in [0.25, 0.3) is 0 Å². The van der Waals surface area contributed by atoms with Gasteiger partial charge in [-0.1, -0.05) is 13.8 Å². The third kappa shape index (κ3) is 3.40. The zero-order valence-electron chi connectivity index (χ0n) is 13.5. The van der Waals surface area contributed by atoms with E-state index >= 15 is 0 Å². The number of imidazole rings is 1. The van der Waals surface area contributed by atoms with Crippen LogP contribution in [0.5, 0.6) is 0 Å². The number of nitrogens with zero attached hydrogens (tertiary/aromatic N) is 2. The summed E-state index contributed by atoms with van der Waals surface area (Å²) in [7, 11) is 1.29. The SMILES string of the molecule is COC(=O)N[C@H](C(=O)N1CCC[C@H]1c1ncc(C)[nH]1)C(C)C. The lowest BCUT2D eigenvalue weighted by Crippen LogP contribution is -2.51. The summed E-state index contributed by atoms with van der Waals surface area (Å²) in [6.07, 6.45) is 2.99. The number of hydrogen-bond donors (Lipinski definition) is 2. The molecule has 1 aliphatic rings. The number of rotatable bonds is 4. The Balaban J connectivity index is 2.16. The van der Waals surface area contributed by atoms with Gasteiger partial charge in [-0.25, -0.2) is 9.78 Å². The second-order valence-corrected chi connectivity index (χ2v) is 6.00. The van der Waals surface area contributed by atoms with E-state index in [4.69, 9.17) is 0 Å². The molecule has 0 aromatic carbocycles. The van der Waals surface area contributed by atoms with Crippen LogP contribution in [0, 0.1) is 12.8 Å². The van der Waals surface area contributed by atoms with Crippen molar-refractivity contribution in [2.45, 2.75) is 45.7 Å². The Kier molecular flexibility index (Phi) is 5.05. The topological polar surface area (TPSA) is 87.3 Å². The molecule has 0 radical (unpaired) electrons. The quantitative estimate of drug-likeness (QED) is 0.887. The van der Waals surface area contributed by atoms with Crippen LogP contribution in [0.15, 0.2) is 6.20 Å². The van der Waals surface area contributed by atoms with E-state index in [1.54, 1.807) is 11.1 Å². The third-order valence-electron chi connectivity index (χ3n) is 3.97. The van der Waals surface area contributed by atoms with Crippen molar-refractivity contribution >= 4 is 12.0 Å². The molecular weight excluding hydrogens is 284 g/mol. The maximum atomic E-state index is 12.8. The van der Waals surface area contributed by atoms with Crippen LogP contribution in [0.4, 0.5) is 4.79 Å². The molecule has 1 fully saturated rings. The number of amides is 2. The molecule has 22 heavy (non-hydrogen) atoms. The number of ether oxygens (including phenoxy) is 1. The zero-order valence-corrected chi connectivity index (χ0v) is 13.5. The molecule has 2 N–H and O–H groups in total. The predicted octanol–water partition coefficient (Wildman–Crippen LogP) is 1.76. The molecule has 0 unspecified atom stereocenters. The highest BCUT2D eigenvalue weighted by Gasteiger charge is 2.37. The Labute approximate surface area is 130 Å². The summed E-state index contributed by atoms with van der Waals surface area (Å²) in [4.78, 5) is 33.7. The first-order valence-corrected chi connectivity index (χ1v) is 7.60. The van der Waals surface area contributed by atoms with Gasteiger partial charge >= 0.3 is 6.09 Å². The minimum Gasteiger partial charge on any atom is -0.453 e. The van der Waals surface area contributed by atoms with Crippen molar-refractivity contribution in [2.24, 2.45) is 5.92 Å². The average Bonchev–Trinajstić information content (AvgIpc) is 3.11. The lowest BCUT2D eigenvalue weighted by Gasteiger charge is -2.29. The molecule has 2 heterocycles. The molecule has 2 rings (SSSR count). The number of carbonyl (C=O) groups excluding carboxylic acids is 2. The van der Waals surface area contributed by atoms with E-state index < -0.39 is 12.1 Å². The van der Waals surface area contributed by atoms with Crippen LogP contribution in [0.25, 0.3) is 0 Å². The lowest BCUT2D eigenvalue weighted by atomic mass is 10.0. The highest BCUT2D eigenvalue weighted by molar-refractivity contribution is 5.86. The Hall–Kier alpha value is -2.05. The Morgan fingerprint density at radius 1 is 1.50 bits per heavy atom. The van der Waals surface area contributed by atoms with Gasteiger partial charge in [0.2, 0.25) is 5.91 Å². The summed E-state index contributed by atoms with van der Waals surface area (Å²) in [5.74, 6) is 0.701. The van der Waals surface area contributed by atoms with E-state index in [1.807, 2.05) is 20.8 Å². The van der Waals surface area contributed by atoms with Gasteiger partial charge in [0, 0.05) is 18.4 Å². The Bertz CT molecular complexity index is 541. The zero-order chi connectivity index (χ0) is 16.3. The van der Waals surface area contributed by atoms with E-state index in [0.29, 0.717) is 6.54 Å². The monoisotopic (exact) mass is 308 g/mol. The van der Waals surface area contributed by atoms with Crippen molar-refractivity contribution in [1.29, 1.82) is 0 Å². The first-order chi connectivity index (χ1) is 10.4. The van der Waals surface area contributed by atoms with Crippen molar-refractivity contribution in [2.75, 3.05) is 13.7 Å². The van der Waals surface area contributed by atoms with Crippen LogP contribution in [0.3, 0.4) is 0 Å². The highest BCUT2D eigenvalue weighted by Crippen LogP contribution is 2.31. The number of methoxy groups -OCH3 is 1. The highest BCUT2D eigenvalue weighted by atomic mass is 16.5. The van der Waals surface area contributed by atoms with E-state index in [2.05, 4.69) is 20.0 Å². The second-order valence-electron chi connectivity index (χ2n) is 6.00. The predicted molar refractivity (Wildman–Crippen MR) is 81.2 cm³/mol. The first-order valence-electron chi connectivity index (χ1n) is 7.60. The number of aromatic nitrogens is 2. The summed E-state index contributed by atoms with van der Waals surface area (Å²) >= 11 is 0. The smallest absolute Gasteiger partial charge is 0.407 e. The minimum absolute atomic E-state index is 0.0220. The maximum Gasteiger partial charge on any atom is 0.407 e. The summed E-state index contributed by atoms with van der Waals surface area (Å²) in [5, 5.41) is 2.64. The largest absolute Gasteiger partial charge is 0.453 e. The van der Waals surface area contributed by atoms with Crippen molar-refractivity contribution in [3.8, 4) is 0 Å². The Morgan fingerprint density at radius 3 is 2.77 bits per heavy atom. The van der Waals surface area contributed by atoms with Gasteiger partial charge in [-0.3, -0.25) is 4.79 Å². The van der Waals surface area contributed by atoms with E-state index in [0.717, 1.165) is 24.4 Å². The molecule has 2 atom stereocenters. The fourth-order valence-corrected chi connectivity index (χ4v) is 2.80. The molecule has 0 saturated carbocycles. The number of aromatic amines is 1. The third-order valence-corrected chi connectivity index (χ3v) is 3.97. The van der Waals surface area contributed by atoms with Crippen LogP contribution in [0.1, 0.15) is 44.2 Å². The molecule has 0 aliphatic carbocycles. The molecule has 0 spiro atoms. The number of hydrogen-bond acceptors (Lipinski definition) is 4. The summed E-state index contributed by atoms with van der Waals surface area (Å²) in [6.45, 7) is 6.42. The molecule has 1 saturated heterocycles. The van der Waals surface area contributed by atoms with Crippen molar-refractivity contribution in [1.82, 2.24) is 20.2 Å². The van der Waals surface area contributed by atoms with Gasteiger partial charge in [0.15, 0.2) is 0 Å². The number of carbonyl (C=O) groups is 2. The fourth-order valence-electron chi connectivity index (χ4n) is 2.80. The fraction of sp³-hybridized carbons (Fsp3) is 0.667. The van der Waals surface area contributed by atoms with Crippen LogP contribution in [-0.4, -0.2) is 46.6 Å². The molecule has 0 bridgehead atoms. The lowest BCUT2D eigenvalue weighted by molar-refractivity contribution is -0.135. The van der Waals surface area contributed by atoms with Crippen molar-refractivity contribution in [3.05, 3.63) is 17.7 Å². The van der Waals surface area contributed by atoms with E-state index in [9.17, 15) is 9.59 Å². The minimum atomic E-state index is -0.593. The summed E-state index contributed by atoms with van der Waals surface area (Å²) in [6, 6.07) is -0.647. The molecule has 1 aromatic rings. The van der Waals surface area contributed by atoms with E-state index in [1.165, 1.54) is 7.11 Å². The summed E-state index contributed by atoms with van der Waals surface area (Å²) in [5.41, 5.74) is 0.974. The van der Waals surface area contributed by atoms with Gasteiger partial charge in [-0.05, 0) is 25.7 Å². The van der Waals surface area contributed by atoms with Gasteiger partial charge in [-0.15, -0.1) is 0 Å². The van der Waals surface area contributed by atoms with Crippen LogP contribution in [-0.2, 0) is 9.53 Å². The van der Waals surface area contributed by atoms with Crippen molar-refractivity contribution < 1.29 is 14.3 Å². The normalized spacial score (nSPS) is 19.3. The van der Waals surface area contributed by atoms with Crippen LogP contribution >= 0.6 is 0 Å². The number of alkyl carbamates (subject to hydrolysis) is 1. The number of nitrogens with one attached hydrogen (secondary N) is 2. The maximum absolute atomic E-state index is 12.8. The molecule has 122 valence electrons. The summed E-state index contributed by atoms with van der Waals surface area (Å²) < 4.78 is 4.62. The first kappa shape index (κ1) is 16.3. The number of likely N-dealkylation sites (tertiary alicyclic amines) is 1. The molecule has 1 aromatic heterocycles.